The number of aryl methyl sites for hydroxylation is 1. The molecule has 1 aromatic carbocycles. The molecule has 15 heavy (non-hydrogen) atoms. The molecule has 84 valence electrons. The van der Waals surface area contributed by atoms with Gasteiger partial charge in [0, 0.05) is 0 Å². The molecule has 0 bridgehead atoms. The molecular weight excluding hydrogens is 182 g/mol. The van der Waals surface area contributed by atoms with Crippen LogP contribution in [0.3, 0.4) is 0 Å². The van der Waals surface area contributed by atoms with Gasteiger partial charge in [-0.15, -0.1) is 0 Å². The van der Waals surface area contributed by atoms with Crippen LogP contribution >= 0.6 is 0 Å². The Morgan fingerprint density at radius 1 is 1.07 bits per heavy atom. The van der Waals surface area contributed by atoms with E-state index in [2.05, 4.69) is 49.5 Å². The molecule has 1 rings (SSSR count). The van der Waals surface area contributed by atoms with Crippen molar-refractivity contribution in [2.24, 2.45) is 5.92 Å². The molecule has 0 aliphatic heterocycles. The summed E-state index contributed by atoms with van der Waals surface area (Å²) < 4.78 is 0. The average molecular weight is 205 g/mol. The van der Waals surface area contributed by atoms with Gasteiger partial charge in [-0.25, -0.2) is 0 Å². The van der Waals surface area contributed by atoms with Gasteiger partial charge in [0.15, 0.2) is 0 Å². The summed E-state index contributed by atoms with van der Waals surface area (Å²) in [5, 5.41) is 3.49. The summed E-state index contributed by atoms with van der Waals surface area (Å²) in [5.74, 6) is 0.812. The zero-order valence-corrected chi connectivity index (χ0v) is 10.00. The molecule has 0 fully saturated rings. The van der Waals surface area contributed by atoms with Gasteiger partial charge in [-0.3, -0.25) is 0 Å². The van der Waals surface area contributed by atoms with Crippen molar-refractivity contribution in [3.05, 3.63) is 35.9 Å². The molecule has 0 unspecified atom stereocenters. The predicted molar refractivity (Wildman–Crippen MR) is 67.1 cm³/mol. The van der Waals surface area contributed by atoms with Gasteiger partial charge in [0.05, 0.1) is 0 Å². The molecule has 0 spiro atoms. The van der Waals surface area contributed by atoms with Gasteiger partial charge in [0.2, 0.25) is 0 Å². The van der Waals surface area contributed by atoms with E-state index in [1.807, 2.05) is 0 Å². The normalized spacial score (nSPS) is 10.9. The van der Waals surface area contributed by atoms with Gasteiger partial charge in [-0.05, 0) is 43.8 Å². The van der Waals surface area contributed by atoms with Gasteiger partial charge in [-0.1, -0.05) is 44.2 Å². The summed E-state index contributed by atoms with van der Waals surface area (Å²) in [6.07, 6.45) is 3.71. The fourth-order valence-electron chi connectivity index (χ4n) is 1.58. The summed E-state index contributed by atoms with van der Waals surface area (Å²) in [5.41, 5.74) is 1.45. The van der Waals surface area contributed by atoms with E-state index < -0.39 is 0 Å². The van der Waals surface area contributed by atoms with E-state index in [0.717, 1.165) is 19.0 Å². The van der Waals surface area contributed by atoms with Gasteiger partial charge < -0.3 is 5.32 Å². The Morgan fingerprint density at radius 2 is 1.80 bits per heavy atom. The van der Waals surface area contributed by atoms with Crippen LogP contribution in [0.2, 0.25) is 0 Å². The minimum atomic E-state index is 0.812. The Balaban J connectivity index is 1.98. The molecule has 1 heteroatoms. The van der Waals surface area contributed by atoms with E-state index in [9.17, 15) is 0 Å². The molecule has 0 radical (unpaired) electrons. The lowest BCUT2D eigenvalue weighted by molar-refractivity contribution is 0.532. The zero-order chi connectivity index (χ0) is 10.9. The van der Waals surface area contributed by atoms with Crippen LogP contribution in [0.4, 0.5) is 0 Å². The Kier molecular flexibility index (Phi) is 6.10. The summed E-state index contributed by atoms with van der Waals surface area (Å²) in [7, 11) is 0. The molecule has 1 nitrogen and oxygen atoms in total. The van der Waals surface area contributed by atoms with Crippen LogP contribution in [0.15, 0.2) is 30.3 Å². The average Bonchev–Trinajstić information content (AvgIpc) is 2.24. The van der Waals surface area contributed by atoms with Crippen molar-refractivity contribution in [1.29, 1.82) is 0 Å². The summed E-state index contributed by atoms with van der Waals surface area (Å²) in [4.78, 5) is 0. The van der Waals surface area contributed by atoms with Crippen molar-refractivity contribution < 1.29 is 0 Å². The third-order valence-electron chi connectivity index (χ3n) is 2.56. The van der Waals surface area contributed by atoms with Gasteiger partial charge in [-0.2, -0.15) is 0 Å². The summed E-state index contributed by atoms with van der Waals surface area (Å²) in [6.45, 7) is 6.84. The first-order valence-electron chi connectivity index (χ1n) is 6.03. The van der Waals surface area contributed by atoms with Crippen molar-refractivity contribution in [1.82, 2.24) is 5.32 Å². The number of rotatable bonds is 7. The monoisotopic (exact) mass is 205 g/mol. The van der Waals surface area contributed by atoms with E-state index in [0.29, 0.717) is 0 Å². The molecule has 0 aliphatic carbocycles. The zero-order valence-electron chi connectivity index (χ0n) is 10.00. The molecule has 0 amide bonds. The molecule has 0 saturated carbocycles. The highest BCUT2D eigenvalue weighted by Crippen LogP contribution is 2.01. The third-order valence-corrected chi connectivity index (χ3v) is 2.56. The maximum atomic E-state index is 3.49. The van der Waals surface area contributed by atoms with Crippen LogP contribution in [0.25, 0.3) is 0 Å². The number of nitrogens with one attached hydrogen (secondary N) is 1. The second-order valence-corrected chi connectivity index (χ2v) is 4.52. The highest BCUT2D eigenvalue weighted by atomic mass is 14.8. The molecule has 1 aromatic rings. The molecule has 1 N–H and O–H groups in total. The summed E-state index contributed by atoms with van der Waals surface area (Å²) in [6, 6.07) is 10.7. The maximum Gasteiger partial charge on any atom is -0.00457 e. The van der Waals surface area contributed by atoms with Crippen LogP contribution in [-0.2, 0) is 6.42 Å². The molecule has 0 saturated heterocycles. The van der Waals surface area contributed by atoms with E-state index in [-0.39, 0.29) is 0 Å². The SMILES string of the molecule is CC(C)CCNCCCc1ccccc1. The Hall–Kier alpha value is -0.820. The highest BCUT2D eigenvalue weighted by molar-refractivity contribution is 5.14. The van der Waals surface area contributed by atoms with Crippen molar-refractivity contribution in [3.8, 4) is 0 Å². The van der Waals surface area contributed by atoms with Crippen LogP contribution in [-0.4, -0.2) is 13.1 Å². The fraction of sp³-hybridized carbons (Fsp3) is 0.571. The lowest BCUT2D eigenvalue weighted by Gasteiger charge is -2.06. The van der Waals surface area contributed by atoms with E-state index in [1.54, 1.807) is 0 Å². The Bertz CT molecular complexity index is 241. The standard InChI is InChI=1S/C14H23N/c1-13(2)10-12-15-11-6-9-14-7-4-3-5-8-14/h3-5,7-8,13,15H,6,9-12H2,1-2H3. The van der Waals surface area contributed by atoms with Crippen molar-refractivity contribution in [3.63, 3.8) is 0 Å². The predicted octanol–water partition coefficient (Wildman–Crippen LogP) is 3.25. The topological polar surface area (TPSA) is 12.0 Å². The maximum absolute atomic E-state index is 3.49. The van der Waals surface area contributed by atoms with Crippen LogP contribution in [0.1, 0.15) is 32.3 Å². The lowest BCUT2D eigenvalue weighted by atomic mass is 10.1. The van der Waals surface area contributed by atoms with E-state index in [1.165, 1.54) is 24.8 Å². The minimum Gasteiger partial charge on any atom is -0.317 e. The Labute approximate surface area is 93.9 Å². The van der Waals surface area contributed by atoms with Crippen molar-refractivity contribution in [2.45, 2.75) is 33.1 Å². The van der Waals surface area contributed by atoms with Crippen LogP contribution < -0.4 is 5.32 Å². The first-order chi connectivity index (χ1) is 7.29. The Morgan fingerprint density at radius 3 is 2.47 bits per heavy atom. The van der Waals surface area contributed by atoms with Crippen LogP contribution in [0, 0.1) is 5.92 Å². The van der Waals surface area contributed by atoms with Gasteiger partial charge in [0.1, 0.15) is 0 Å². The van der Waals surface area contributed by atoms with Gasteiger partial charge >= 0.3 is 0 Å². The number of benzene rings is 1. The number of hydrogen-bond acceptors (Lipinski definition) is 1. The second-order valence-electron chi connectivity index (χ2n) is 4.52. The third kappa shape index (κ3) is 6.29. The van der Waals surface area contributed by atoms with Crippen molar-refractivity contribution in [2.75, 3.05) is 13.1 Å². The smallest absolute Gasteiger partial charge is 0.00457 e. The first-order valence-corrected chi connectivity index (χ1v) is 6.03. The first kappa shape index (κ1) is 12.3. The summed E-state index contributed by atoms with van der Waals surface area (Å²) >= 11 is 0. The lowest BCUT2D eigenvalue weighted by Crippen LogP contribution is -2.18. The molecular formula is C14H23N. The second kappa shape index (κ2) is 7.47. The van der Waals surface area contributed by atoms with E-state index >= 15 is 0 Å². The molecule has 0 heterocycles. The quantitative estimate of drug-likeness (QED) is 0.674. The molecule has 0 aromatic heterocycles. The minimum absolute atomic E-state index is 0.812. The van der Waals surface area contributed by atoms with Gasteiger partial charge in [0.25, 0.3) is 0 Å². The molecule has 0 atom stereocenters. The van der Waals surface area contributed by atoms with Crippen molar-refractivity contribution >= 4 is 0 Å². The fourth-order valence-corrected chi connectivity index (χ4v) is 1.58. The van der Waals surface area contributed by atoms with E-state index in [4.69, 9.17) is 0 Å². The highest BCUT2D eigenvalue weighted by Gasteiger charge is 1.94. The largest absolute Gasteiger partial charge is 0.317 e. The number of hydrogen-bond donors (Lipinski definition) is 1. The molecule has 0 aliphatic rings. The van der Waals surface area contributed by atoms with Crippen LogP contribution in [0.5, 0.6) is 0 Å².